The van der Waals surface area contributed by atoms with E-state index in [4.69, 9.17) is 4.42 Å². The lowest BCUT2D eigenvalue weighted by Gasteiger charge is -2.06. The molecule has 0 saturated heterocycles. The summed E-state index contributed by atoms with van der Waals surface area (Å²) in [4.78, 5) is 14.8. The summed E-state index contributed by atoms with van der Waals surface area (Å²) in [7, 11) is 0. The summed E-state index contributed by atoms with van der Waals surface area (Å²) in [5.74, 6) is 0.433. The molecule has 6 nitrogen and oxygen atoms in total. The lowest BCUT2D eigenvalue weighted by molar-refractivity contribution is 0.529. The molecule has 3 rings (SSSR count). The molecule has 0 aromatic carbocycles. The lowest BCUT2D eigenvalue weighted by Crippen LogP contribution is -2.05. The van der Waals surface area contributed by atoms with E-state index in [0.29, 0.717) is 18.1 Å². The third-order valence-electron chi connectivity index (χ3n) is 2.14. The lowest BCUT2D eigenvalue weighted by atomic mass is 10.3. The van der Waals surface area contributed by atoms with Gasteiger partial charge in [0.2, 0.25) is 0 Å². The first-order valence-corrected chi connectivity index (χ1v) is 5.28. The first-order chi connectivity index (χ1) is 7.83. The quantitative estimate of drug-likeness (QED) is 0.657. The van der Waals surface area contributed by atoms with Gasteiger partial charge in [-0.2, -0.15) is 13.7 Å². The van der Waals surface area contributed by atoms with Gasteiger partial charge >= 0.3 is 5.76 Å². The Morgan fingerprint density at radius 2 is 2.44 bits per heavy atom. The third-order valence-corrected chi connectivity index (χ3v) is 2.66. The molecule has 0 spiro atoms. The zero-order valence-corrected chi connectivity index (χ0v) is 8.85. The van der Waals surface area contributed by atoms with E-state index in [1.807, 2.05) is 6.20 Å². The normalized spacial score (nSPS) is 11.0. The number of nitrogens with zero attached hydrogens (tertiary/aromatic N) is 4. The standard InChI is InChI=1S/C9H6N4O2S/c14-9-11-8-7(15-9)2-1-3-13(8)5-6-4-10-16-12-6/h1-4H,5H2. The van der Waals surface area contributed by atoms with E-state index in [1.165, 1.54) is 0 Å². The monoisotopic (exact) mass is 234 g/mol. The highest BCUT2D eigenvalue weighted by atomic mass is 32.1. The zero-order chi connectivity index (χ0) is 11.0. The van der Waals surface area contributed by atoms with E-state index in [9.17, 15) is 4.79 Å². The summed E-state index contributed by atoms with van der Waals surface area (Å²) in [5.41, 5.74) is 0.831. The number of fused-ring (bicyclic) bond motifs is 1. The Morgan fingerprint density at radius 3 is 3.25 bits per heavy atom. The van der Waals surface area contributed by atoms with E-state index in [1.54, 1.807) is 22.9 Å². The Hall–Kier alpha value is -2.02. The molecule has 0 atom stereocenters. The van der Waals surface area contributed by atoms with Gasteiger partial charge in [-0.3, -0.25) is 0 Å². The first-order valence-electron chi connectivity index (χ1n) is 4.55. The van der Waals surface area contributed by atoms with Crippen molar-refractivity contribution >= 4 is 11.7 Å². The molecule has 0 radical (unpaired) electrons. The second-order valence-corrected chi connectivity index (χ2v) is 3.76. The largest absolute Gasteiger partial charge is 0.441 e. The minimum absolute atomic E-state index is 0.482. The van der Waals surface area contributed by atoms with Gasteiger partial charge in [0.15, 0.2) is 11.6 Å². The maximum Gasteiger partial charge on any atom is 0.441 e. The highest BCUT2D eigenvalue weighted by Gasteiger charge is 2.13. The molecule has 0 bridgehead atoms. The second-order valence-electron chi connectivity index (χ2n) is 3.20. The number of pyridine rings is 1. The molecule has 0 unspecified atom stereocenters. The Bertz CT molecular complexity index is 627. The van der Waals surface area contributed by atoms with Crippen LogP contribution >= 0.6 is 11.7 Å². The van der Waals surface area contributed by atoms with Crippen LogP contribution in [0.1, 0.15) is 5.69 Å². The smallest absolute Gasteiger partial charge is 0.405 e. The molecular weight excluding hydrogens is 228 g/mol. The van der Waals surface area contributed by atoms with Crippen LogP contribution in [0.15, 0.2) is 33.7 Å². The van der Waals surface area contributed by atoms with Crippen LogP contribution in [0.4, 0.5) is 0 Å². The molecule has 0 saturated carbocycles. The number of aromatic nitrogens is 4. The van der Waals surface area contributed by atoms with Gasteiger partial charge in [-0.05, 0) is 12.1 Å². The molecule has 80 valence electrons. The minimum atomic E-state index is -0.577. The van der Waals surface area contributed by atoms with Gasteiger partial charge in [-0.1, -0.05) is 0 Å². The molecule has 1 aromatic heterocycles. The predicted molar refractivity (Wildman–Crippen MR) is 56.4 cm³/mol. The third kappa shape index (κ3) is 1.50. The van der Waals surface area contributed by atoms with Crippen molar-refractivity contribution < 1.29 is 4.42 Å². The fourth-order valence-corrected chi connectivity index (χ4v) is 1.90. The van der Waals surface area contributed by atoms with E-state index in [2.05, 4.69) is 13.7 Å². The number of oxazole rings is 1. The van der Waals surface area contributed by atoms with Crippen LogP contribution in [0, 0.1) is 0 Å². The number of hydrogen-bond donors (Lipinski definition) is 0. The van der Waals surface area contributed by atoms with E-state index < -0.39 is 5.76 Å². The highest BCUT2D eigenvalue weighted by Crippen LogP contribution is 2.17. The van der Waals surface area contributed by atoms with E-state index in [0.717, 1.165) is 17.4 Å². The zero-order valence-electron chi connectivity index (χ0n) is 8.03. The van der Waals surface area contributed by atoms with E-state index in [-0.39, 0.29) is 0 Å². The van der Waals surface area contributed by atoms with Gasteiger partial charge in [0, 0.05) is 6.20 Å². The Labute approximate surface area is 93.9 Å². The maximum absolute atomic E-state index is 11.0. The molecule has 0 amide bonds. The van der Waals surface area contributed by atoms with Gasteiger partial charge in [0.1, 0.15) is 0 Å². The first kappa shape index (κ1) is 9.22. The Kier molecular flexibility index (Phi) is 2.03. The summed E-state index contributed by atoms with van der Waals surface area (Å²) < 4.78 is 14.7. The van der Waals surface area contributed by atoms with Crippen LogP contribution in [-0.2, 0) is 6.54 Å². The number of rotatable bonds is 2. The Balaban J connectivity index is 2.07. The molecule has 2 aliphatic rings. The van der Waals surface area contributed by atoms with E-state index >= 15 is 0 Å². The molecule has 7 heteroatoms. The SMILES string of the molecule is O=c1nc2n(Cc3cnsn3)cccc-2o1. The maximum atomic E-state index is 11.0. The second kappa shape index (κ2) is 3.53. The van der Waals surface area contributed by atoms with Crippen molar-refractivity contribution in [2.24, 2.45) is 0 Å². The van der Waals surface area contributed by atoms with Crippen LogP contribution < -0.4 is 5.76 Å². The van der Waals surface area contributed by atoms with Crippen molar-refractivity contribution in [2.75, 3.05) is 0 Å². The molecule has 0 aliphatic carbocycles. The van der Waals surface area contributed by atoms with Crippen LogP contribution in [0.5, 0.6) is 0 Å². The number of hydrogen-bond acceptors (Lipinski definition) is 6. The van der Waals surface area contributed by atoms with Gasteiger partial charge < -0.3 is 8.98 Å². The average molecular weight is 234 g/mol. The molecule has 1 aromatic rings. The molecular formula is C9H6N4O2S. The van der Waals surface area contributed by atoms with Crippen LogP contribution in [0.3, 0.4) is 0 Å². The van der Waals surface area contributed by atoms with Crippen molar-refractivity contribution in [3.05, 3.63) is 40.8 Å². The average Bonchev–Trinajstić information content (AvgIpc) is 2.86. The fraction of sp³-hybridized carbons (Fsp3) is 0.111. The van der Waals surface area contributed by atoms with Crippen molar-refractivity contribution in [1.82, 2.24) is 18.3 Å². The van der Waals surface area contributed by atoms with Gasteiger partial charge in [0.25, 0.3) is 0 Å². The Morgan fingerprint density at radius 1 is 1.50 bits per heavy atom. The van der Waals surface area contributed by atoms with Gasteiger partial charge in [-0.25, -0.2) is 4.79 Å². The minimum Gasteiger partial charge on any atom is -0.405 e. The predicted octanol–water partition coefficient (Wildman–Crippen LogP) is 0.841. The molecule has 2 aliphatic heterocycles. The van der Waals surface area contributed by atoms with Crippen LogP contribution in [0.2, 0.25) is 0 Å². The summed E-state index contributed by atoms with van der Waals surface area (Å²) >= 11 is 1.15. The summed E-state index contributed by atoms with van der Waals surface area (Å²) in [6.07, 6.45) is 3.51. The van der Waals surface area contributed by atoms with Gasteiger partial charge in [0.05, 0.1) is 30.2 Å². The topological polar surface area (TPSA) is 73.8 Å². The van der Waals surface area contributed by atoms with Crippen molar-refractivity contribution in [3.63, 3.8) is 0 Å². The van der Waals surface area contributed by atoms with Crippen LogP contribution in [0.25, 0.3) is 11.6 Å². The molecule has 0 N–H and O–H groups in total. The molecule has 3 heterocycles. The van der Waals surface area contributed by atoms with Crippen molar-refractivity contribution in [1.29, 1.82) is 0 Å². The van der Waals surface area contributed by atoms with Crippen molar-refractivity contribution in [3.8, 4) is 11.6 Å². The highest BCUT2D eigenvalue weighted by molar-refractivity contribution is 6.99. The van der Waals surface area contributed by atoms with Gasteiger partial charge in [-0.15, -0.1) is 0 Å². The molecule has 0 fully saturated rings. The summed E-state index contributed by atoms with van der Waals surface area (Å²) in [6, 6.07) is 3.51. The van der Waals surface area contributed by atoms with Crippen LogP contribution in [-0.4, -0.2) is 18.3 Å². The fourth-order valence-electron chi connectivity index (χ4n) is 1.48. The van der Waals surface area contributed by atoms with Crippen molar-refractivity contribution in [2.45, 2.75) is 6.54 Å². The molecule has 16 heavy (non-hydrogen) atoms. The summed E-state index contributed by atoms with van der Waals surface area (Å²) in [5, 5.41) is 0. The summed E-state index contributed by atoms with van der Waals surface area (Å²) in [6.45, 7) is 0.528.